The van der Waals surface area contributed by atoms with E-state index in [1.54, 1.807) is 13.1 Å². The summed E-state index contributed by atoms with van der Waals surface area (Å²) in [6, 6.07) is 10.9. The number of oxazole rings is 1. The molecule has 5 heteroatoms. The lowest BCUT2D eigenvalue weighted by Crippen LogP contribution is -2.40. The summed E-state index contributed by atoms with van der Waals surface area (Å²) in [5, 5.41) is 0. The van der Waals surface area contributed by atoms with E-state index in [-0.39, 0.29) is 11.9 Å². The highest BCUT2D eigenvalue weighted by molar-refractivity contribution is 5.73. The number of aryl methyl sites for hydroxylation is 2. The highest BCUT2D eigenvalue weighted by Gasteiger charge is 2.29. The summed E-state index contributed by atoms with van der Waals surface area (Å²) < 4.78 is 5.55. The topological polar surface area (TPSA) is 49.6 Å². The molecular formula is C20H27N3O2. The molecule has 134 valence electrons. The lowest BCUT2D eigenvalue weighted by atomic mass is 10.1. The first kappa shape index (κ1) is 17.7. The van der Waals surface area contributed by atoms with Gasteiger partial charge in [-0.1, -0.05) is 30.3 Å². The van der Waals surface area contributed by atoms with E-state index in [4.69, 9.17) is 4.42 Å². The predicted octanol–water partition coefficient (Wildman–Crippen LogP) is 3.04. The molecule has 0 aliphatic carbocycles. The molecule has 25 heavy (non-hydrogen) atoms. The summed E-state index contributed by atoms with van der Waals surface area (Å²) in [5.41, 5.74) is 1.39. The quantitative estimate of drug-likeness (QED) is 0.777. The van der Waals surface area contributed by atoms with E-state index < -0.39 is 0 Å². The van der Waals surface area contributed by atoms with Crippen molar-refractivity contribution >= 4 is 5.91 Å². The van der Waals surface area contributed by atoms with E-state index in [1.807, 2.05) is 11.8 Å². The van der Waals surface area contributed by atoms with E-state index in [1.165, 1.54) is 5.56 Å². The maximum atomic E-state index is 12.1. The zero-order valence-electron chi connectivity index (χ0n) is 15.1. The van der Waals surface area contributed by atoms with Gasteiger partial charge in [0.05, 0.1) is 12.7 Å². The lowest BCUT2D eigenvalue weighted by Gasteiger charge is -2.27. The first-order valence-electron chi connectivity index (χ1n) is 9.06. The van der Waals surface area contributed by atoms with Crippen molar-refractivity contribution in [1.82, 2.24) is 14.8 Å². The average Bonchev–Trinajstić information content (AvgIpc) is 3.22. The van der Waals surface area contributed by atoms with Gasteiger partial charge < -0.3 is 14.2 Å². The standard InChI is InChI=1S/C20H27N3O2/c1-16-13-21-20(25-16)15-23(17(2)24)19-10-12-22(14-19)11-6-9-18-7-4-3-5-8-18/h3-5,7-8,13,19H,6,9-12,14-15H2,1-2H3. The van der Waals surface area contributed by atoms with Crippen LogP contribution in [-0.4, -0.2) is 46.4 Å². The molecule has 5 nitrogen and oxygen atoms in total. The van der Waals surface area contributed by atoms with Crippen molar-refractivity contribution in [3.05, 3.63) is 53.7 Å². The van der Waals surface area contributed by atoms with Gasteiger partial charge in [-0.05, 0) is 38.3 Å². The Kier molecular flexibility index (Phi) is 5.87. The van der Waals surface area contributed by atoms with E-state index in [0.29, 0.717) is 12.4 Å². The molecule has 3 rings (SSSR count). The molecule has 1 aliphatic rings. The van der Waals surface area contributed by atoms with Gasteiger partial charge in [0.15, 0.2) is 0 Å². The number of carbonyl (C=O) groups is 1. The zero-order chi connectivity index (χ0) is 17.6. The number of hydrogen-bond donors (Lipinski definition) is 0. The molecule has 2 heterocycles. The largest absolute Gasteiger partial charge is 0.444 e. The minimum absolute atomic E-state index is 0.0898. The van der Waals surface area contributed by atoms with Gasteiger partial charge in [-0.15, -0.1) is 0 Å². The molecule has 1 fully saturated rings. The van der Waals surface area contributed by atoms with Crippen molar-refractivity contribution in [2.75, 3.05) is 19.6 Å². The first-order valence-corrected chi connectivity index (χ1v) is 9.06. The van der Waals surface area contributed by atoms with E-state index >= 15 is 0 Å². The summed E-state index contributed by atoms with van der Waals surface area (Å²) >= 11 is 0. The number of rotatable bonds is 7. The Morgan fingerprint density at radius 3 is 2.84 bits per heavy atom. The lowest BCUT2D eigenvalue weighted by molar-refractivity contribution is -0.132. The first-order chi connectivity index (χ1) is 12.1. The molecular weight excluding hydrogens is 314 g/mol. The number of benzene rings is 1. The Morgan fingerprint density at radius 2 is 2.16 bits per heavy atom. The summed E-state index contributed by atoms with van der Waals surface area (Å²) in [7, 11) is 0. The molecule has 1 aromatic heterocycles. The van der Waals surface area contributed by atoms with Crippen LogP contribution < -0.4 is 0 Å². The average molecular weight is 341 g/mol. The number of carbonyl (C=O) groups excluding carboxylic acids is 1. The van der Waals surface area contributed by atoms with Crippen molar-refractivity contribution in [2.24, 2.45) is 0 Å². The van der Waals surface area contributed by atoms with Gasteiger partial charge in [-0.2, -0.15) is 0 Å². The molecule has 0 bridgehead atoms. The van der Waals surface area contributed by atoms with Crippen molar-refractivity contribution in [3.8, 4) is 0 Å². The van der Waals surface area contributed by atoms with E-state index in [0.717, 1.165) is 44.7 Å². The van der Waals surface area contributed by atoms with Crippen LogP contribution in [0.25, 0.3) is 0 Å². The second kappa shape index (κ2) is 8.30. The third-order valence-corrected chi connectivity index (χ3v) is 4.85. The van der Waals surface area contributed by atoms with Gasteiger partial charge in [0.1, 0.15) is 5.76 Å². The monoisotopic (exact) mass is 341 g/mol. The molecule has 0 N–H and O–H groups in total. The minimum Gasteiger partial charge on any atom is -0.444 e. The van der Waals surface area contributed by atoms with Crippen LogP contribution in [0.1, 0.15) is 37.0 Å². The van der Waals surface area contributed by atoms with Crippen LogP contribution in [0.15, 0.2) is 40.9 Å². The smallest absolute Gasteiger partial charge is 0.220 e. The van der Waals surface area contributed by atoms with Crippen LogP contribution in [-0.2, 0) is 17.8 Å². The fourth-order valence-electron chi connectivity index (χ4n) is 3.54. The van der Waals surface area contributed by atoms with Crippen molar-refractivity contribution < 1.29 is 9.21 Å². The fourth-order valence-corrected chi connectivity index (χ4v) is 3.54. The normalized spacial score (nSPS) is 17.8. The second-order valence-corrected chi connectivity index (χ2v) is 6.84. The molecule has 2 aromatic rings. The van der Waals surface area contributed by atoms with Gasteiger partial charge in [-0.3, -0.25) is 4.79 Å². The molecule has 0 spiro atoms. The molecule has 1 amide bonds. The number of nitrogens with zero attached hydrogens (tertiary/aromatic N) is 3. The molecule has 1 aromatic carbocycles. The summed E-state index contributed by atoms with van der Waals surface area (Å²) in [6.07, 6.45) is 4.98. The van der Waals surface area contributed by atoms with Crippen LogP contribution >= 0.6 is 0 Å². The Morgan fingerprint density at radius 1 is 1.36 bits per heavy atom. The van der Waals surface area contributed by atoms with Gasteiger partial charge in [0.2, 0.25) is 11.8 Å². The van der Waals surface area contributed by atoms with Gasteiger partial charge in [0.25, 0.3) is 0 Å². The molecule has 0 radical (unpaired) electrons. The number of aromatic nitrogens is 1. The molecule has 1 atom stereocenters. The molecule has 1 aliphatic heterocycles. The van der Waals surface area contributed by atoms with Crippen LogP contribution in [0.5, 0.6) is 0 Å². The third kappa shape index (κ3) is 4.92. The summed E-state index contributed by atoms with van der Waals surface area (Å²) in [6.45, 7) is 7.04. The number of likely N-dealkylation sites (tertiary alicyclic amines) is 1. The maximum Gasteiger partial charge on any atom is 0.220 e. The van der Waals surface area contributed by atoms with Gasteiger partial charge in [0, 0.05) is 26.1 Å². The van der Waals surface area contributed by atoms with Crippen molar-refractivity contribution in [2.45, 2.75) is 45.7 Å². The Hall–Kier alpha value is -2.14. The van der Waals surface area contributed by atoms with Gasteiger partial charge >= 0.3 is 0 Å². The Bertz CT molecular complexity index is 683. The van der Waals surface area contributed by atoms with Crippen LogP contribution in [0.2, 0.25) is 0 Å². The Balaban J connectivity index is 1.48. The second-order valence-electron chi connectivity index (χ2n) is 6.84. The van der Waals surface area contributed by atoms with Crippen LogP contribution in [0.4, 0.5) is 0 Å². The van der Waals surface area contributed by atoms with Crippen molar-refractivity contribution in [1.29, 1.82) is 0 Å². The minimum atomic E-state index is 0.0898. The molecule has 0 saturated carbocycles. The molecule has 1 saturated heterocycles. The maximum absolute atomic E-state index is 12.1. The highest BCUT2D eigenvalue weighted by Crippen LogP contribution is 2.19. The SMILES string of the molecule is CC(=O)N(Cc1ncc(C)o1)C1CCN(CCCc2ccccc2)C1. The number of amides is 1. The number of hydrogen-bond acceptors (Lipinski definition) is 4. The predicted molar refractivity (Wildman–Crippen MR) is 97.1 cm³/mol. The highest BCUT2D eigenvalue weighted by atomic mass is 16.4. The zero-order valence-corrected chi connectivity index (χ0v) is 15.1. The third-order valence-electron chi connectivity index (χ3n) is 4.85. The summed E-state index contributed by atoms with van der Waals surface area (Å²) in [4.78, 5) is 20.7. The van der Waals surface area contributed by atoms with Crippen LogP contribution in [0.3, 0.4) is 0 Å². The van der Waals surface area contributed by atoms with E-state index in [2.05, 4.69) is 40.2 Å². The fraction of sp³-hybridized carbons (Fsp3) is 0.500. The van der Waals surface area contributed by atoms with E-state index in [9.17, 15) is 4.79 Å². The Labute approximate surface area is 149 Å². The van der Waals surface area contributed by atoms with Crippen molar-refractivity contribution in [3.63, 3.8) is 0 Å². The summed E-state index contributed by atoms with van der Waals surface area (Å²) in [5.74, 6) is 1.50. The van der Waals surface area contributed by atoms with Crippen LogP contribution in [0, 0.1) is 6.92 Å². The van der Waals surface area contributed by atoms with Gasteiger partial charge in [-0.25, -0.2) is 4.98 Å². The molecule has 1 unspecified atom stereocenters.